The fourth-order valence-electron chi connectivity index (χ4n) is 2.65. The first-order valence-electron chi connectivity index (χ1n) is 7.72. The Labute approximate surface area is 136 Å². The summed E-state index contributed by atoms with van der Waals surface area (Å²) in [5.41, 5.74) is 10.6. The third kappa shape index (κ3) is 3.06. The predicted octanol–water partition coefficient (Wildman–Crippen LogP) is 4.26. The minimum atomic E-state index is 0.642. The summed E-state index contributed by atoms with van der Waals surface area (Å²) < 4.78 is 7.76. The van der Waals surface area contributed by atoms with Gasteiger partial charge in [-0.25, -0.2) is 4.98 Å². The van der Waals surface area contributed by atoms with Gasteiger partial charge in [-0.1, -0.05) is 12.2 Å². The van der Waals surface area contributed by atoms with Gasteiger partial charge in [0.2, 0.25) is 0 Å². The van der Waals surface area contributed by atoms with Gasteiger partial charge in [-0.2, -0.15) is 0 Å². The van der Waals surface area contributed by atoms with Gasteiger partial charge in [-0.3, -0.25) is 0 Å². The van der Waals surface area contributed by atoms with Crippen LogP contribution in [0.3, 0.4) is 0 Å². The first kappa shape index (κ1) is 15.2. The number of imidazole rings is 1. The second-order valence-electron chi connectivity index (χ2n) is 5.68. The molecule has 0 fully saturated rings. The molecule has 0 saturated heterocycles. The van der Waals surface area contributed by atoms with Crippen LogP contribution in [0.5, 0.6) is 5.75 Å². The SMILES string of the molecule is C=C(C)Cn1c(-c2ccc(N)cc2)nc2cc(OCC)ccc21. The van der Waals surface area contributed by atoms with E-state index in [1.165, 1.54) is 0 Å². The third-order valence-corrected chi connectivity index (χ3v) is 3.63. The van der Waals surface area contributed by atoms with E-state index in [-0.39, 0.29) is 0 Å². The average Bonchev–Trinajstić information content (AvgIpc) is 2.86. The van der Waals surface area contributed by atoms with Crippen LogP contribution in [0.1, 0.15) is 13.8 Å². The van der Waals surface area contributed by atoms with Gasteiger partial charge in [0, 0.05) is 23.9 Å². The number of nitrogens with zero attached hydrogens (tertiary/aromatic N) is 2. The maximum atomic E-state index is 5.79. The van der Waals surface area contributed by atoms with E-state index in [1.807, 2.05) is 50.2 Å². The van der Waals surface area contributed by atoms with E-state index in [4.69, 9.17) is 15.5 Å². The number of allylic oxidation sites excluding steroid dienone is 1. The molecule has 2 aromatic carbocycles. The summed E-state index contributed by atoms with van der Waals surface area (Å²) in [7, 11) is 0. The van der Waals surface area contributed by atoms with E-state index >= 15 is 0 Å². The van der Waals surface area contributed by atoms with Gasteiger partial charge in [-0.05, 0) is 50.2 Å². The number of rotatable bonds is 5. The number of benzene rings is 2. The molecular weight excluding hydrogens is 286 g/mol. The molecule has 0 amide bonds. The van der Waals surface area contributed by atoms with E-state index in [1.54, 1.807) is 0 Å². The van der Waals surface area contributed by atoms with E-state index in [0.717, 1.165) is 46.0 Å². The molecule has 0 unspecified atom stereocenters. The quantitative estimate of drug-likeness (QED) is 0.566. The minimum absolute atomic E-state index is 0.642. The maximum Gasteiger partial charge on any atom is 0.141 e. The largest absolute Gasteiger partial charge is 0.494 e. The topological polar surface area (TPSA) is 53.1 Å². The molecule has 4 nitrogen and oxygen atoms in total. The molecular formula is C19H21N3O. The molecule has 4 heteroatoms. The van der Waals surface area contributed by atoms with Gasteiger partial charge < -0.3 is 15.0 Å². The van der Waals surface area contributed by atoms with Crippen LogP contribution < -0.4 is 10.5 Å². The van der Waals surface area contributed by atoms with Crippen LogP contribution in [-0.4, -0.2) is 16.2 Å². The number of nitrogens with two attached hydrogens (primary N) is 1. The predicted molar refractivity (Wildman–Crippen MR) is 95.6 cm³/mol. The Kier molecular flexibility index (Phi) is 4.06. The first-order valence-corrected chi connectivity index (χ1v) is 7.72. The van der Waals surface area contributed by atoms with Gasteiger partial charge in [-0.15, -0.1) is 0 Å². The van der Waals surface area contributed by atoms with Crippen molar-refractivity contribution >= 4 is 16.7 Å². The molecule has 1 aromatic heterocycles. The fourth-order valence-corrected chi connectivity index (χ4v) is 2.65. The zero-order valence-corrected chi connectivity index (χ0v) is 13.5. The highest BCUT2D eigenvalue weighted by atomic mass is 16.5. The Balaban J connectivity index is 2.17. The third-order valence-electron chi connectivity index (χ3n) is 3.63. The summed E-state index contributed by atoms with van der Waals surface area (Å²) in [5.74, 6) is 1.75. The summed E-state index contributed by atoms with van der Waals surface area (Å²) in [6.07, 6.45) is 0. The smallest absolute Gasteiger partial charge is 0.141 e. The number of fused-ring (bicyclic) bond motifs is 1. The number of nitrogen functional groups attached to an aromatic ring is 1. The maximum absolute atomic E-state index is 5.79. The van der Waals surface area contributed by atoms with Gasteiger partial charge in [0.15, 0.2) is 0 Å². The Morgan fingerprint density at radius 1 is 1.22 bits per heavy atom. The van der Waals surface area contributed by atoms with E-state index in [9.17, 15) is 0 Å². The lowest BCUT2D eigenvalue weighted by Gasteiger charge is -2.09. The van der Waals surface area contributed by atoms with Crippen molar-refractivity contribution in [1.82, 2.24) is 9.55 Å². The number of ether oxygens (including phenoxy) is 1. The molecule has 118 valence electrons. The molecule has 1 heterocycles. The van der Waals surface area contributed by atoms with E-state index < -0.39 is 0 Å². The van der Waals surface area contributed by atoms with Crippen molar-refractivity contribution in [3.05, 3.63) is 54.6 Å². The highest BCUT2D eigenvalue weighted by Crippen LogP contribution is 2.28. The summed E-state index contributed by atoms with van der Waals surface area (Å²) in [6.45, 7) is 9.40. The standard InChI is InChI=1S/C19H21N3O/c1-4-23-16-9-10-18-17(11-16)21-19(22(18)12-13(2)3)14-5-7-15(20)8-6-14/h5-11H,2,4,12,20H2,1,3H3. The molecule has 0 aliphatic rings. The molecule has 0 aliphatic heterocycles. The fraction of sp³-hybridized carbons (Fsp3) is 0.211. The first-order chi connectivity index (χ1) is 11.1. The van der Waals surface area contributed by atoms with Gasteiger partial charge >= 0.3 is 0 Å². The summed E-state index contributed by atoms with van der Waals surface area (Å²) in [6, 6.07) is 13.8. The number of anilines is 1. The van der Waals surface area contributed by atoms with Crippen molar-refractivity contribution in [1.29, 1.82) is 0 Å². The van der Waals surface area contributed by atoms with Crippen molar-refractivity contribution in [3.8, 4) is 17.1 Å². The summed E-state index contributed by atoms with van der Waals surface area (Å²) >= 11 is 0. The lowest BCUT2D eigenvalue weighted by Crippen LogP contribution is -2.01. The molecule has 3 rings (SSSR count). The molecule has 0 aliphatic carbocycles. The molecule has 0 spiro atoms. The number of aromatic nitrogens is 2. The average molecular weight is 307 g/mol. The van der Waals surface area contributed by atoms with Gasteiger partial charge in [0.25, 0.3) is 0 Å². The van der Waals surface area contributed by atoms with Crippen LogP contribution in [0.25, 0.3) is 22.4 Å². The van der Waals surface area contributed by atoms with Crippen LogP contribution in [0, 0.1) is 0 Å². The molecule has 2 N–H and O–H groups in total. The summed E-state index contributed by atoms with van der Waals surface area (Å²) in [4.78, 5) is 4.81. The second-order valence-corrected chi connectivity index (χ2v) is 5.68. The monoisotopic (exact) mass is 307 g/mol. The van der Waals surface area contributed by atoms with Crippen LogP contribution in [0.4, 0.5) is 5.69 Å². The van der Waals surface area contributed by atoms with Crippen molar-refractivity contribution in [2.75, 3.05) is 12.3 Å². The van der Waals surface area contributed by atoms with Crippen molar-refractivity contribution in [2.45, 2.75) is 20.4 Å². The highest BCUT2D eigenvalue weighted by Gasteiger charge is 2.13. The normalized spacial score (nSPS) is 10.9. The van der Waals surface area contributed by atoms with Crippen molar-refractivity contribution < 1.29 is 4.74 Å². The van der Waals surface area contributed by atoms with Crippen LogP contribution in [0.15, 0.2) is 54.6 Å². The zero-order chi connectivity index (χ0) is 16.4. The van der Waals surface area contributed by atoms with Crippen molar-refractivity contribution in [2.24, 2.45) is 0 Å². The molecule has 23 heavy (non-hydrogen) atoms. The molecule has 3 aromatic rings. The van der Waals surface area contributed by atoms with Crippen LogP contribution >= 0.6 is 0 Å². The second kappa shape index (κ2) is 6.16. The van der Waals surface area contributed by atoms with Gasteiger partial charge in [0.05, 0.1) is 17.6 Å². The molecule has 0 saturated carbocycles. The minimum Gasteiger partial charge on any atom is -0.494 e. The van der Waals surface area contributed by atoms with Crippen LogP contribution in [0.2, 0.25) is 0 Å². The Morgan fingerprint density at radius 3 is 2.61 bits per heavy atom. The van der Waals surface area contributed by atoms with E-state index in [0.29, 0.717) is 6.61 Å². The molecule has 0 atom stereocenters. The number of hydrogen-bond acceptors (Lipinski definition) is 3. The van der Waals surface area contributed by atoms with E-state index in [2.05, 4.69) is 17.2 Å². The Morgan fingerprint density at radius 2 is 1.96 bits per heavy atom. The lowest BCUT2D eigenvalue weighted by atomic mass is 10.2. The molecule has 0 bridgehead atoms. The molecule has 0 radical (unpaired) electrons. The van der Waals surface area contributed by atoms with Crippen LogP contribution in [-0.2, 0) is 6.54 Å². The number of hydrogen-bond donors (Lipinski definition) is 1. The summed E-state index contributed by atoms with van der Waals surface area (Å²) in [5, 5.41) is 0. The van der Waals surface area contributed by atoms with Crippen molar-refractivity contribution in [3.63, 3.8) is 0 Å². The van der Waals surface area contributed by atoms with Gasteiger partial charge in [0.1, 0.15) is 11.6 Å². The highest BCUT2D eigenvalue weighted by molar-refractivity contribution is 5.82. The zero-order valence-electron chi connectivity index (χ0n) is 13.5. The Bertz CT molecular complexity index is 847. The Hall–Kier alpha value is -2.75. The lowest BCUT2D eigenvalue weighted by molar-refractivity contribution is 0.340.